The normalized spacial score (nSPS) is 22.6. The minimum atomic E-state index is -1.14. The molecular weight excluding hydrogens is 364 g/mol. The lowest BCUT2D eigenvalue weighted by Gasteiger charge is -2.38. The predicted octanol–water partition coefficient (Wildman–Crippen LogP) is 1.93. The number of nitrogens with one attached hydrogen (secondary N) is 1. The zero-order valence-electron chi connectivity index (χ0n) is 12.4. The summed E-state index contributed by atoms with van der Waals surface area (Å²) in [7, 11) is 0. The van der Waals surface area contributed by atoms with Crippen molar-refractivity contribution >= 4 is 39.4 Å². The molecule has 3 rings (SSSR count). The lowest BCUT2D eigenvalue weighted by molar-refractivity contribution is -0.152. The van der Waals surface area contributed by atoms with Gasteiger partial charge in [0.1, 0.15) is 5.54 Å². The lowest BCUT2D eigenvalue weighted by atomic mass is 9.76. The molecule has 1 aliphatic heterocycles. The second-order valence-corrected chi connectivity index (χ2v) is 7.03. The number of carboxylic acids is 1. The fraction of sp³-hybridized carbons (Fsp3) is 0.438. The van der Waals surface area contributed by atoms with Gasteiger partial charge in [0.05, 0.1) is 5.92 Å². The van der Waals surface area contributed by atoms with E-state index in [1.165, 1.54) is 0 Å². The first-order chi connectivity index (χ1) is 10.9. The van der Waals surface area contributed by atoms with Crippen molar-refractivity contribution in [2.24, 2.45) is 5.92 Å². The third-order valence-electron chi connectivity index (χ3n) is 4.59. The SMILES string of the molecule is O=C(NC1(C(=O)O)CCC1)C1CC(=O)N(c2cccc(Br)c2)C1. The molecule has 1 saturated carbocycles. The number of hydrogen-bond donors (Lipinski definition) is 2. The highest BCUT2D eigenvalue weighted by atomic mass is 79.9. The summed E-state index contributed by atoms with van der Waals surface area (Å²) in [5.41, 5.74) is -0.403. The number of amides is 2. The van der Waals surface area contributed by atoms with Crippen LogP contribution in [-0.4, -0.2) is 35.0 Å². The molecule has 1 aromatic carbocycles. The van der Waals surface area contributed by atoms with Gasteiger partial charge in [-0.2, -0.15) is 0 Å². The summed E-state index contributed by atoms with van der Waals surface area (Å²) < 4.78 is 0.856. The molecule has 1 unspecified atom stereocenters. The first-order valence-corrected chi connectivity index (χ1v) is 8.32. The maximum atomic E-state index is 12.4. The molecule has 1 aliphatic carbocycles. The van der Waals surface area contributed by atoms with Gasteiger partial charge in [0, 0.05) is 23.1 Å². The third kappa shape index (κ3) is 2.97. The van der Waals surface area contributed by atoms with Crippen molar-refractivity contribution < 1.29 is 19.5 Å². The number of carbonyl (C=O) groups is 3. The number of benzene rings is 1. The van der Waals surface area contributed by atoms with E-state index in [1.54, 1.807) is 4.90 Å². The molecular formula is C16H17BrN2O4. The molecule has 23 heavy (non-hydrogen) atoms. The van der Waals surface area contributed by atoms with E-state index in [0.29, 0.717) is 12.8 Å². The standard InChI is InChI=1S/C16H17BrN2O4/c17-11-3-1-4-12(8-11)19-9-10(7-13(19)20)14(21)18-16(15(22)23)5-2-6-16/h1,3-4,8,10H,2,5-7,9H2,(H,18,21)(H,22,23). The van der Waals surface area contributed by atoms with E-state index < -0.39 is 17.4 Å². The van der Waals surface area contributed by atoms with Gasteiger partial charge >= 0.3 is 5.97 Å². The van der Waals surface area contributed by atoms with Crippen LogP contribution in [0.3, 0.4) is 0 Å². The maximum Gasteiger partial charge on any atom is 0.329 e. The molecule has 1 heterocycles. The smallest absolute Gasteiger partial charge is 0.329 e. The number of anilines is 1. The third-order valence-corrected chi connectivity index (χ3v) is 5.09. The van der Waals surface area contributed by atoms with E-state index in [9.17, 15) is 19.5 Å². The van der Waals surface area contributed by atoms with Crippen LogP contribution in [0, 0.1) is 5.92 Å². The van der Waals surface area contributed by atoms with Crippen LogP contribution in [0.5, 0.6) is 0 Å². The van der Waals surface area contributed by atoms with Crippen LogP contribution in [0.25, 0.3) is 0 Å². The molecule has 1 saturated heterocycles. The highest BCUT2D eigenvalue weighted by Crippen LogP contribution is 2.33. The lowest BCUT2D eigenvalue weighted by Crippen LogP contribution is -2.60. The Hall–Kier alpha value is -1.89. The summed E-state index contributed by atoms with van der Waals surface area (Å²) in [6.45, 7) is 0.275. The first kappa shape index (κ1) is 16.0. The second-order valence-electron chi connectivity index (χ2n) is 6.12. The Bertz CT molecular complexity index is 672. The van der Waals surface area contributed by atoms with Crippen LogP contribution in [0.2, 0.25) is 0 Å². The summed E-state index contributed by atoms with van der Waals surface area (Å²) in [6.07, 6.45) is 1.79. The molecule has 0 spiro atoms. The summed E-state index contributed by atoms with van der Waals surface area (Å²) in [4.78, 5) is 37.5. The molecule has 2 fully saturated rings. The maximum absolute atomic E-state index is 12.4. The minimum absolute atomic E-state index is 0.105. The number of carbonyl (C=O) groups excluding carboxylic acids is 2. The number of rotatable bonds is 4. The molecule has 6 nitrogen and oxygen atoms in total. The minimum Gasteiger partial charge on any atom is -0.480 e. The van der Waals surface area contributed by atoms with E-state index in [0.717, 1.165) is 16.6 Å². The van der Waals surface area contributed by atoms with Crippen molar-refractivity contribution in [2.75, 3.05) is 11.4 Å². The topological polar surface area (TPSA) is 86.7 Å². The Morgan fingerprint density at radius 1 is 1.35 bits per heavy atom. The van der Waals surface area contributed by atoms with Crippen molar-refractivity contribution in [3.63, 3.8) is 0 Å². The molecule has 1 aromatic rings. The molecule has 0 radical (unpaired) electrons. The quantitative estimate of drug-likeness (QED) is 0.835. The molecule has 1 atom stereocenters. The summed E-state index contributed by atoms with van der Waals surface area (Å²) >= 11 is 3.36. The summed E-state index contributed by atoms with van der Waals surface area (Å²) in [5, 5.41) is 11.9. The number of nitrogens with zero attached hydrogens (tertiary/aromatic N) is 1. The molecule has 122 valence electrons. The Balaban J connectivity index is 1.70. The van der Waals surface area contributed by atoms with Gasteiger partial charge in [0.2, 0.25) is 11.8 Å². The number of carboxylic acid groups (broad SMARTS) is 1. The van der Waals surface area contributed by atoms with E-state index in [-0.39, 0.29) is 24.8 Å². The first-order valence-electron chi connectivity index (χ1n) is 7.53. The predicted molar refractivity (Wildman–Crippen MR) is 87.0 cm³/mol. The van der Waals surface area contributed by atoms with Crippen LogP contribution >= 0.6 is 15.9 Å². The van der Waals surface area contributed by atoms with Gasteiger partial charge in [-0.1, -0.05) is 22.0 Å². The Labute approximate surface area is 142 Å². The molecule has 2 amide bonds. The Kier molecular flexibility index (Phi) is 4.14. The molecule has 2 N–H and O–H groups in total. The molecule has 0 bridgehead atoms. The number of aliphatic carboxylic acids is 1. The van der Waals surface area contributed by atoms with Crippen LogP contribution in [0.4, 0.5) is 5.69 Å². The zero-order chi connectivity index (χ0) is 16.6. The second kappa shape index (κ2) is 5.96. The van der Waals surface area contributed by atoms with Gasteiger partial charge < -0.3 is 15.3 Å². The fourth-order valence-electron chi connectivity index (χ4n) is 3.04. The van der Waals surface area contributed by atoms with Gasteiger partial charge in [-0.05, 0) is 37.5 Å². The highest BCUT2D eigenvalue weighted by Gasteiger charge is 2.47. The number of halogens is 1. The monoisotopic (exact) mass is 380 g/mol. The average molecular weight is 381 g/mol. The Morgan fingerprint density at radius 3 is 2.65 bits per heavy atom. The zero-order valence-corrected chi connectivity index (χ0v) is 14.0. The van der Waals surface area contributed by atoms with E-state index >= 15 is 0 Å². The van der Waals surface area contributed by atoms with Gasteiger partial charge in [0.25, 0.3) is 0 Å². The van der Waals surface area contributed by atoms with Crippen LogP contribution < -0.4 is 10.2 Å². The fourth-order valence-corrected chi connectivity index (χ4v) is 3.42. The van der Waals surface area contributed by atoms with Crippen LogP contribution in [0.1, 0.15) is 25.7 Å². The van der Waals surface area contributed by atoms with Gasteiger partial charge in [-0.3, -0.25) is 9.59 Å². The van der Waals surface area contributed by atoms with Crippen molar-refractivity contribution in [3.05, 3.63) is 28.7 Å². The van der Waals surface area contributed by atoms with Gasteiger partial charge in [-0.15, -0.1) is 0 Å². The van der Waals surface area contributed by atoms with Crippen molar-refractivity contribution in [3.8, 4) is 0 Å². The Morgan fingerprint density at radius 2 is 2.09 bits per heavy atom. The van der Waals surface area contributed by atoms with Crippen molar-refractivity contribution in [2.45, 2.75) is 31.2 Å². The summed E-state index contributed by atoms with van der Waals surface area (Å²) in [5.74, 6) is -1.98. The van der Waals surface area contributed by atoms with E-state index in [1.807, 2.05) is 24.3 Å². The van der Waals surface area contributed by atoms with Crippen LogP contribution in [0.15, 0.2) is 28.7 Å². The van der Waals surface area contributed by atoms with Gasteiger partial charge in [-0.25, -0.2) is 4.79 Å². The average Bonchev–Trinajstić information content (AvgIpc) is 2.84. The van der Waals surface area contributed by atoms with Gasteiger partial charge in [0.15, 0.2) is 0 Å². The summed E-state index contributed by atoms with van der Waals surface area (Å²) in [6, 6.07) is 7.33. The van der Waals surface area contributed by atoms with Crippen LogP contribution in [-0.2, 0) is 14.4 Å². The van der Waals surface area contributed by atoms with E-state index in [2.05, 4.69) is 21.2 Å². The molecule has 7 heteroatoms. The molecule has 0 aromatic heterocycles. The van der Waals surface area contributed by atoms with Crippen molar-refractivity contribution in [1.29, 1.82) is 0 Å². The van der Waals surface area contributed by atoms with Crippen molar-refractivity contribution in [1.82, 2.24) is 5.32 Å². The largest absolute Gasteiger partial charge is 0.480 e. The highest BCUT2D eigenvalue weighted by molar-refractivity contribution is 9.10. The molecule has 2 aliphatic rings. The number of hydrogen-bond acceptors (Lipinski definition) is 3. The van der Waals surface area contributed by atoms with E-state index in [4.69, 9.17) is 0 Å².